The lowest BCUT2D eigenvalue weighted by Crippen LogP contribution is -2.49. The Morgan fingerprint density at radius 1 is 0.786 bits per heavy atom. The van der Waals surface area contributed by atoms with E-state index in [2.05, 4.69) is 60.0 Å². The molecule has 6 nitrogen and oxygen atoms in total. The topological polar surface area (TPSA) is 50.6 Å². The third kappa shape index (κ3) is 6.33. The molecule has 1 aliphatic rings. The van der Waals surface area contributed by atoms with Gasteiger partial charge in [-0.3, -0.25) is 4.90 Å². The molecule has 0 bridgehead atoms. The first-order chi connectivity index (χ1) is 20.7. The molecule has 1 fully saturated rings. The molecule has 4 aromatic carbocycles. The number of carbonyl (C=O) groups is 1. The predicted molar refractivity (Wildman–Crippen MR) is 169 cm³/mol. The van der Waals surface area contributed by atoms with Crippen LogP contribution in [-0.4, -0.2) is 33.6 Å². The van der Waals surface area contributed by atoms with Gasteiger partial charge in [0.05, 0.1) is 11.0 Å². The quantitative estimate of drug-likeness (QED) is 0.166. The fraction of sp³-hybridized carbons (Fsp3) is 0.278. The second kappa shape index (κ2) is 12.9. The minimum atomic E-state index is 0.0628. The SMILES string of the molecule is CCCCc1nc2ccc(N3CCCN(Cc4ccccc4)C3=O)cc2n1Cc1ccc(OCc2ccccc2)cc1. The van der Waals surface area contributed by atoms with E-state index in [1.54, 1.807) is 0 Å². The number of imidazole rings is 1. The number of ether oxygens (including phenoxy) is 1. The van der Waals surface area contributed by atoms with Gasteiger partial charge in [-0.05, 0) is 59.9 Å². The Hall–Kier alpha value is -4.58. The maximum absolute atomic E-state index is 13.6. The normalized spacial score (nSPS) is 13.6. The van der Waals surface area contributed by atoms with E-state index in [0.29, 0.717) is 19.7 Å². The smallest absolute Gasteiger partial charge is 0.324 e. The number of aryl methyl sites for hydroxylation is 1. The van der Waals surface area contributed by atoms with Gasteiger partial charge in [-0.1, -0.05) is 86.1 Å². The van der Waals surface area contributed by atoms with Gasteiger partial charge in [0, 0.05) is 38.3 Å². The van der Waals surface area contributed by atoms with Crippen molar-refractivity contribution in [3.05, 3.63) is 126 Å². The van der Waals surface area contributed by atoms with E-state index in [4.69, 9.17) is 9.72 Å². The summed E-state index contributed by atoms with van der Waals surface area (Å²) in [5.41, 5.74) is 6.46. The Kier molecular flexibility index (Phi) is 8.50. The molecule has 0 unspecified atom stereocenters. The third-order valence-electron chi connectivity index (χ3n) is 7.92. The first-order valence-electron chi connectivity index (χ1n) is 15.0. The van der Waals surface area contributed by atoms with Gasteiger partial charge in [0.1, 0.15) is 18.2 Å². The molecule has 42 heavy (non-hydrogen) atoms. The number of anilines is 1. The summed E-state index contributed by atoms with van der Waals surface area (Å²) < 4.78 is 8.33. The molecule has 0 spiro atoms. The summed E-state index contributed by atoms with van der Waals surface area (Å²) in [4.78, 5) is 22.5. The van der Waals surface area contributed by atoms with Crippen LogP contribution in [0.4, 0.5) is 10.5 Å². The van der Waals surface area contributed by atoms with E-state index >= 15 is 0 Å². The van der Waals surface area contributed by atoms with Crippen molar-refractivity contribution in [2.24, 2.45) is 0 Å². The summed E-state index contributed by atoms with van der Waals surface area (Å²) in [7, 11) is 0. The minimum absolute atomic E-state index is 0.0628. The molecule has 1 aromatic heterocycles. The Morgan fingerprint density at radius 3 is 2.24 bits per heavy atom. The number of urea groups is 1. The molecule has 0 saturated carbocycles. The average Bonchev–Trinajstić information content (AvgIpc) is 3.37. The van der Waals surface area contributed by atoms with Crippen LogP contribution in [0.5, 0.6) is 5.75 Å². The van der Waals surface area contributed by atoms with E-state index < -0.39 is 0 Å². The molecule has 0 N–H and O–H groups in total. The Balaban J connectivity index is 1.23. The van der Waals surface area contributed by atoms with Crippen molar-refractivity contribution in [2.45, 2.75) is 52.3 Å². The number of amides is 2. The monoisotopic (exact) mass is 558 g/mol. The maximum Gasteiger partial charge on any atom is 0.324 e. The fourth-order valence-corrected chi connectivity index (χ4v) is 5.62. The van der Waals surface area contributed by atoms with E-state index in [1.807, 2.05) is 64.4 Å². The van der Waals surface area contributed by atoms with Crippen LogP contribution in [0.2, 0.25) is 0 Å². The van der Waals surface area contributed by atoms with Crippen LogP contribution < -0.4 is 9.64 Å². The standard InChI is InChI=1S/C36H38N4O2/c1-2-3-15-35-37-33-21-18-31(39-23-10-22-38(36(39)41)25-28-11-6-4-7-12-28)24-34(33)40(35)26-29-16-19-32(20-17-29)42-27-30-13-8-5-9-14-30/h4-9,11-14,16-21,24H,2-3,10,15,22-23,25-27H2,1H3. The molecule has 2 heterocycles. The van der Waals surface area contributed by atoms with E-state index in [0.717, 1.165) is 78.2 Å². The molecule has 214 valence electrons. The van der Waals surface area contributed by atoms with Gasteiger partial charge in [-0.25, -0.2) is 9.78 Å². The zero-order valence-corrected chi connectivity index (χ0v) is 24.3. The molecule has 0 aliphatic carbocycles. The molecule has 1 aliphatic heterocycles. The van der Waals surface area contributed by atoms with Crippen LogP contribution in [0.15, 0.2) is 103 Å². The highest BCUT2D eigenvalue weighted by atomic mass is 16.5. The number of nitrogens with zero attached hydrogens (tertiary/aromatic N) is 4. The fourth-order valence-electron chi connectivity index (χ4n) is 5.62. The summed E-state index contributed by atoms with van der Waals surface area (Å²) in [6.45, 7) is 5.60. The molecule has 5 aromatic rings. The molecule has 6 heteroatoms. The van der Waals surface area contributed by atoms with Gasteiger partial charge in [0.2, 0.25) is 0 Å². The molecular formula is C36H38N4O2. The highest BCUT2D eigenvalue weighted by Gasteiger charge is 2.27. The van der Waals surface area contributed by atoms with Crippen molar-refractivity contribution in [3.63, 3.8) is 0 Å². The zero-order valence-electron chi connectivity index (χ0n) is 24.3. The van der Waals surface area contributed by atoms with Crippen molar-refractivity contribution < 1.29 is 9.53 Å². The van der Waals surface area contributed by atoms with Crippen molar-refractivity contribution in [2.75, 3.05) is 18.0 Å². The van der Waals surface area contributed by atoms with Crippen LogP contribution >= 0.6 is 0 Å². The minimum Gasteiger partial charge on any atom is -0.489 e. The number of rotatable bonds is 11. The van der Waals surface area contributed by atoms with Gasteiger partial charge in [-0.2, -0.15) is 0 Å². The second-order valence-corrected chi connectivity index (χ2v) is 11.0. The Bertz CT molecular complexity index is 1610. The maximum atomic E-state index is 13.6. The van der Waals surface area contributed by atoms with Crippen molar-refractivity contribution in [1.29, 1.82) is 0 Å². The second-order valence-electron chi connectivity index (χ2n) is 11.0. The lowest BCUT2D eigenvalue weighted by Gasteiger charge is -2.35. The highest BCUT2D eigenvalue weighted by Crippen LogP contribution is 2.28. The number of hydrogen-bond acceptors (Lipinski definition) is 3. The van der Waals surface area contributed by atoms with Crippen LogP contribution in [-0.2, 0) is 26.1 Å². The van der Waals surface area contributed by atoms with Gasteiger partial charge >= 0.3 is 6.03 Å². The van der Waals surface area contributed by atoms with Crippen LogP contribution in [0.1, 0.15) is 48.7 Å². The number of fused-ring (bicyclic) bond motifs is 1. The molecule has 0 radical (unpaired) electrons. The molecule has 1 saturated heterocycles. The summed E-state index contributed by atoms with van der Waals surface area (Å²) in [5.74, 6) is 1.94. The van der Waals surface area contributed by atoms with E-state index in [9.17, 15) is 4.79 Å². The zero-order chi connectivity index (χ0) is 28.7. The summed E-state index contributed by atoms with van der Waals surface area (Å²) in [6.07, 6.45) is 4.06. The lowest BCUT2D eigenvalue weighted by molar-refractivity contribution is 0.192. The number of unbranched alkanes of at least 4 members (excludes halogenated alkanes) is 1. The van der Waals surface area contributed by atoms with Gasteiger partial charge in [0.15, 0.2) is 0 Å². The highest BCUT2D eigenvalue weighted by molar-refractivity contribution is 5.95. The van der Waals surface area contributed by atoms with E-state index in [-0.39, 0.29) is 6.03 Å². The molecule has 2 amide bonds. The largest absolute Gasteiger partial charge is 0.489 e. The Labute approximate surface area is 248 Å². The predicted octanol–water partition coefficient (Wildman–Crippen LogP) is 7.84. The lowest BCUT2D eigenvalue weighted by atomic mass is 10.1. The van der Waals surface area contributed by atoms with Gasteiger partial charge in [0.25, 0.3) is 0 Å². The van der Waals surface area contributed by atoms with Crippen molar-refractivity contribution in [3.8, 4) is 5.75 Å². The Morgan fingerprint density at radius 2 is 1.50 bits per heavy atom. The van der Waals surface area contributed by atoms with Crippen molar-refractivity contribution >= 4 is 22.8 Å². The average molecular weight is 559 g/mol. The summed E-state index contributed by atoms with van der Waals surface area (Å²) in [5, 5.41) is 0. The van der Waals surface area contributed by atoms with Gasteiger partial charge in [-0.15, -0.1) is 0 Å². The van der Waals surface area contributed by atoms with Gasteiger partial charge < -0.3 is 14.2 Å². The number of aromatic nitrogens is 2. The summed E-state index contributed by atoms with van der Waals surface area (Å²) >= 11 is 0. The molecule has 0 atom stereocenters. The molecule has 6 rings (SSSR count). The third-order valence-corrected chi connectivity index (χ3v) is 7.92. The van der Waals surface area contributed by atoms with E-state index in [1.165, 1.54) is 5.56 Å². The first-order valence-corrected chi connectivity index (χ1v) is 15.0. The molecular weight excluding hydrogens is 520 g/mol. The van der Waals surface area contributed by atoms with Crippen LogP contribution in [0, 0.1) is 0 Å². The number of hydrogen-bond donors (Lipinski definition) is 0. The van der Waals surface area contributed by atoms with Crippen LogP contribution in [0.25, 0.3) is 11.0 Å². The van der Waals surface area contributed by atoms with Crippen molar-refractivity contribution in [1.82, 2.24) is 14.5 Å². The number of carbonyl (C=O) groups excluding carboxylic acids is 1. The van der Waals surface area contributed by atoms with Crippen LogP contribution in [0.3, 0.4) is 0 Å². The first kappa shape index (κ1) is 27.6. The summed E-state index contributed by atoms with van der Waals surface area (Å²) in [6, 6.07) is 35.1. The number of benzene rings is 4.